The van der Waals surface area contributed by atoms with Crippen LogP contribution < -0.4 is 0 Å². The standard InChI is InChI=1S/C13H19N3OS/c1-2-11(10-17)16(8-12-4-3-7-18-12)9-13-14-5-6-15-13/h3-7,11,17H,2,8-10H2,1H3,(H,14,15)/t11-/m0/s1. The van der Waals surface area contributed by atoms with Crippen molar-refractivity contribution < 1.29 is 5.11 Å². The maximum Gasteiger partial charge on any atom is 0.120 e. The maximum absolute atomic E-state index is 9.48. The summed E-state index contributed by atoms with van der Waals surface area (Å²) in [4.78, 5) is 11.0. The van der Waals surface area contributed by atoms with E-state index in [0.717, 1.165) is 25.3 Å². The lowest BCUT2D eigenvalue weighted by molar-refractivity contribution is 0.105. The van der Waals surface area contributed by atoms with Crippen LogP contribution in [0.1, 0.15) is 24.0 Å². The van der Waals surface area contributed by atoms with Gasteiger partial charge in [-0.2, -0.15) is 0 Å². The Labute approximate surface area is 111 Å². The van der Waals surface area contributed by atoms with Gasteiger partial charge in [0.1, 0.15) is 5.82 Å². The average Bonchev–Trinajstić information content (AvgIpc) is 3.03. The normalized spacial score (nSPS) is 13.1. The summed E-state index contributed by atoms with van der Waals surface area (Å²) in [5.74, 6) is 0.943. The lowest BCUT2D eigenvalue weighted by atomic mass is 10.2. The molecular formula is C13H19N3OS. The number of nitrogens with one attached hydrogen (secondary N) is 1. The third kappa shape index (κ3) is 3.41. The average molecular weight is 265 g/mol. The lowest BCUT2D eigenvalue weighted by Gasteiger charge is -2.28. The first kappa shape index (κ1) is 13.3. The van der Waals surface area contributed by atoms with Crippen LogP contribution >= 0.6 is 11.3 Å². The lowest BCUT2D eigenvalue weighted by Crippen LogP contribution is -2.36. The van der Waals surface area contributed by atoms with Crippen LogP contribution in [0.15, 0.2) is 29.9 Å². The largest absolute Gasteiger partial charge is 0.395 e. The summed E-state index contributed by atoms with van der Waals surface area (Å²) in [6.07, 6.45) is 4.53. The Morgan fingerprint density at radius 1 is 1.50 bits per heavy atom. The summed E-state index contributed by atoms with van der Waals surface area (Å²) in [5.41, 5.74) is 0. The van der Waals surface area contributed by atoms with E-state index in [2.05, 4.69) is 39.3 Å². The van der Waals surface area contributed by atoms with E-state index in [1.807, 2.05) is 6.20 Å². The number of nitrogens with zero attached hydrogens (tertiary/aromatic N) is 2. The van der Waals surface area contributed by atoms with Gasteiger partial charge in [-0.15, -0.1) is 11.3 Å². The van der Waals surface area contributed by atoms with Crippen LogP contribution in [0.5, 0.6) is 0 Å². The van der Waals surface area contributed by atoms with Crippen LogP contribution in [0.25, 0.3) is 0 Å². The van der Waals surface area contributed by atoms with Crippen molar-refractivity contribution in [3.63, 3.8) is 0 Å². The number of hydrogen-bond acceptors (Lipinski definition) is 4. The van der Waals surface area contributed by atoms with E-state index in [1.54, 1.807) is 17.5 Å². The molecule has 5 heteroatoms. The molecule has 4 nitrogen and oxygen atoms in total. The highest BCUT2D eigenvalue weighted by Crippen LogP contribution is 2.17. The van der Waals surface area contributed by atoms with E-state index in [4.69, 9.17) is 0 Å². The molecule has 0 saturated heterocycles. The molecule has 2 heterocycles. The smallest absolute Gasteiger partial charge is 0.120 e. The van der Waals surface area contributed by atoms with Crippen LogP contribution in [0, 0.1) is 0 Å². The maximum atomic E-state index is 9.48. The Bertz CT molecular complexity index is 387. The minimum Gasteiger partial charge on any atom is -0.395 e. The predicted octanol–water partition coefficient (Wildman–Crippen LogP) is 2.24. The van der Waals surface area contributed by atoms with Crippen molar-refractivity contribution in [2.75, 3.05) is 6.61 Å². The number of imidazole rings is 1. The first-order valence-electron chi connectivity index (χ1n) is 6.19. The number of hydrogen-bond donors (Lipinski definition) is 2. The molecule has 2 aromatic heterocycles. The molecule has 0 unspecified atom stereocenters. The van der Waals surface area contributed by atoms with Gasteiger partial charge < -0.3 is 10.1 Å². The summed E-state index contributed by atoms with van der Waals surface area (Å²) >= 11 is 1.75. The zero-order chi connectivity index (χ0) is 12.8. The minimum atomic E-state index is 0.178. The van der Waals surface area contributed by atoms with E-state index in [-0.39, 0.29) is 12.6 Å². The second-order valence-corrected chi connectivity index (χ2v) is 5.30. The van der Waals surface area contributed by atoms with Gasteiger partial charge in [0, 0.05) is 29.9 Å². The zero-order valence-corrected chi connectivity index (χ0v) is 11.4. The molecule has 0 radical (unpaired) electrons. The van der Waals surface area contributed by atoms with Crippen molar-refractivity contribution in [1.29, 1.82) is 0 Å². The van der Waals surface area contributed by atoms with Gasteiger partial charge >= 0.3 is 0 Å². The van der Waals surface area contributed by atoms with Gasteiger partial charge in [0.05, 0.1) is 13.2 Å². The summed E-state index contributed by atoms with van der Waals surface area (Å²) in [7, 11) is 0. The SMILES string of the molecule is CC[C@@H](CO)N(Cc1ncc[nH]1)Cc1cccs1. The molecule has 2 aromatic rings. The molecule has 98 valence electrons. The predicted molar refractivity (Wildman–Crippen MR) is 73.3 cm³/mol. The van der Waals surface area contributed by atoms with Crippen molar-refractivity contribution >= 4 is 11.3 Å². The Morgan fingerprint density at radius 2 is 2.39 bits per heavy atom. The monoisotopic (exact) mass is 265 g/mol. The second-order valence-electron chi connectivity index (χ2n) is 4.26. The first-order chi connectivity index (χ1) is 8.83. The van der Waals surface area contributed by atoms with Crippen LogP contribution in [-0.4, -0.2) is 32.6 Å². The van der Waals surface area contributed by atoms with E-state index in [1.165, 1.54) is 4.88 Å². The Hall–Kier alpha value is -1.17. The molecule has 0 aromatic carbocycles. The van der Waals surface area contributed by atoms with Gasteiger partial charge in [0.15, 0.2) is 0 Å². The quantitative estimate of drug-likeness (QED) is 0.807. The fourth-order valence-electron chi connectivity index (χ4n) is 2.00. The van der Waals surface area contributed by atoms with E-state index in [0.29, 0.717) is 0 Å². The van der Waals surface area contributed by atoms with Crippen molar-refractivity contribution in [3.05, 3.63) is 40.6 Å². The first-order valence-corrected chi connectivity index (χ1v) is 7.07. The molecule has 0 bridgehead atoms. The van der Waals surface area contributed by atoms with Gasteiger partial charge in [-0.25, -0.2) is 4.98 Å². The number of rotatable bonds is 7. The van der Waals surface area contributed by atoms with Crippen molar-refractivity contribution in [3.8, 4) is 0 Å². The van der Waals surface area contributed by atoms with E-state index < -0.39 is 0 Å². The number of aliphatic hydroxyl groups excluding tert-OH is 1. The highest BCUT2D eigenvalue weighted by atomic mass is 32.1. The third-order valence-corrected chi connectivity index (χ3v) is 3.91. The topological polar surface area (TPSA) is 52.1 Å². The molecule has 0 fully saturated rings. The molecule has 0 amide bonds. The van der Waals surface area contributed by atoms with E-state index in [9.17, 15) is 5.11 Å². The van der Waals surface area contributed by atoms with Gasteiger partial charge in [0.2, 0.25) is 0 Å². The molecule has 2 N–H and O–H groups in total. The fourth-order valence-corrected chi connectivity index (χ4v) is 2.73. The zero-order valence-electron chi connectivity index (χ0n) is 10.5. The third-order valence-electron chi connectivity index (χ3n) is 3.05. The molecule has 0 aliphatic heterocycles. The van der Waals surface area contributed by atoms with Gasteiger partial charge in [0.25, 0.3) is 0 Å². The molecule has 1 atom stereocenters. The number of H-pyrrole nitrogens is 1. The summed E-state index contributed by atoms with van der Waals surface area (Å²) < 4.78 is 0. The highest BCUT2D eigenvalue weighted by molar-refractivity contribution is 7.09. The molecule has 0 aliphatic carbocycles. The minimum absolute atomic E-state index is 0.178. The summed E-state index contributed by atoms with van der Waals surface area (Å²) in [6, 6.07) is 4.37. The summed E-state index contributed by atoms with van der Waals surface area (Å²) in [6.45, 7) is 3.88. The van der Waals surface area contributed by atoms with Crippen molar-refractivity contribution in [2.24, 2.45) is 0 Å². The fraction of sp³-hybridized carbons (Fsp3) is 0.462. The van der Waals surface area contributed by atoms with Crippen LogP contribution in [0.2, 0.25) is 0 Å². The Kier molecular flexibility index (Phi) is 4.92. The number of aromatic amines is 1. The van der Waals surface area contributed by atoms with Crippen molar-refractivity contribution in [2.45, 2.75) is 32.5 Å². The molecule has 0 aliphatic rings. The summed E-state index contributed by atoms with van der Waals surface area (Å²) in [5, 5.41) is 11.6. The molecular weight excluding hydrogens is 246 g/mol. The molecule has 18 heavy (non-hydrogen) atoms. The van der Waals surface area contributed by atoms with Crippen LogP contribution in [-0.2, 0) is 13.1 Å². The number of aromatic nitrogens is 2. The van der Waals surface area contributed by atoms with Gasteiger partial charge in [-0.1, -0.05) is 13.0 Å². The van der Waals surface area contributed by atoms with Gasteiger partial charge in [-0.3, -0.25) is 4.90 Å². The number of aliphatic hydroxyl groups is 1. The van der Waals surface area contributed by atoms with E-state index >= 15 is 0 Å². The Balaban J connectivity index is 2.06. The molecule has 0 saturated carbocycles. The Morgan fingerprint density at radius 3 is 2.94 bits per heavy atom. The van der Waals surface area contributed by atoms with Gasteiger partial charge in [-0.05, 0) is 17.9 Å². The molecule has 0 spiro atoms. The number of thiophene rings is 1. The van der Waals surface area contributed by atoms with Crippen LogP contribution in [0.4, 0.5) is 0 Å². The molecule has 2 rings (SSSR count). The van der Waals surface area contributed by atoms with Crippen LogP contribution in [0.3, 0.4) is 0 Å². The second kappa shape index (κ2) is 6.68. The highest BCUT2D eigenvalue weighted by Gasteiger charge is 2.18. The van der Waals surface area contributed by atoms with Crippen molar-refractivity contribution in [1.82, 2.24) is 14.9 Å².